The van der Waals surface area contributed by atoms with Gasteiger partial charge < -0.3 is 20.9 Å². The molecule has 4 N–H and O–H groups in total. The lowest BCUT2D eigenvalue weighted by Gasteiger charge is -2.29. The van der Waals surface area contributed by atoms with Crippen LogP contribution < -0.4 is 20.9 Å². The van der Waals surface area contributed by atoms with Crippen molar-refractivity contribution < 1.29 is 9.47 Å². The number of benzene rings is 2. The van der Waals surface area contributed by atoms with E-state index in [0.29, 0.717) is 36.1 Å². The molecule has 3 rings (SSSR count). The zero-order chi connectivity index (χ0) is 20.5. The standard InChI is InChI=1S/C24H30N2O2/c1-6-10-27-21-9-8-16(12-19(21)25)24(5)15-23(3,4)17-13-20(26)22(14-18(17)24)28-11-7-2/h6-9,12-14H,1-2,10-11,15,25-26H2,3-5H3. The predicted octanol–water partition coefficient (Wildman–Crippen LogP) is 4.97. The van der Waals surface area contributed by atoms with Crippen molar-refractivity contribution in [2.75, 3.05) is 24.7 Å². The number of nitrogens with two attached hydrogens (primary N) is 2. The maximum atomic E-state index is 6.28. The molecule has 0 heterocycles. The van der Waals surface area contributed by atoms with Crippen LogP contribution in [0, 0.1) is 0 Å². The van der Waals surface area contributed by atoms with Gasteiger partial charge in [-0.05, 0) is 52.8 Å². The quantitative estimate of drug-likeness (QED) is 0.527. The first-order valence-corrected chi connectivity index (χ1v) is 9.55. The van der Waals surface area contributed by atoms with Crippen molar-refractivity contribution in [3.8, 4) is 11.5 Å². The van der Waals surface area contributed by atoms with Gasteiger partial charge in [-0.1, -0.05) is 52.1 Å². The summed E-state index contributed by atoms with van der Waals surface area (Å²) in [6.07, 6.45) is 4.38. The number of rotatable bonds is 7. The Hall–Kier alpha value is -2.88. The number of fused-ring (bicyclic) bond motifs is 1. The Morgan fingerprint density at radius 3 is 2.11 bits per heavy atom. The zero-order valence-electron chi connectivity index (χ0n) is 17.0. The molecule has 2 aromatic carbocycles. The third kappa shape index (κ3) is 3.35. The first-order valence-electron chi connectivity index (χ1n) is 9.55. The van der Waals surface area contributed by atoms with Crippen molar-refractivity contribution in [3.63, 3.8) is 0 Å². The third-order valence-electron chi connectivity index (χ3n) is 5.63. The highest BCUT2D eigenvalue weighted by molar-refractivity contribution is 5.65. The van der Waals surface area contributed by atoms with E-state index < -0.39 is 0 Å². The van der Waals surface area contributed by atoms with Gasteiger partial charge in [-0.2, -0.15) is 0 Å². The lowest BCUT2D eigenvalue weighted by Crippen LogP contribution is -2.23. The van der Waals surface area contributed by atoms with E-state index >= 15 is 0 Å². The minimum atomic E-state index is -0.204. The molecule has 148 valence electrons. The molecule has 1 aliphatic carbocycles. The first-order chi connectivity index (χ1) is 13.2. The second kappa shape index (κ2) is 7.27. The average Bonchev–Trinajstić information content (AvgIpc) is 2.85. The second-order valence-electron chi connectivity index (χ2n) is 8.28. The Morgan fingerprint density at radius 2 is 1.50 bits per heavy atom. The molecule has 0 saturated heterocycles. The summed E-state index contributed by atoms with van der Waals surface area (Å²) in [6.45, 7) is 15.0. The highest BCUT2D eigenvalue weighted by atomic mass is 16.5. The highest BCUT2D eigenvalue weighted by Crippen LogP contribution is 2.55. The van der Waals surface area contributed by atoms with Crippen LogP contribution in [0.25, 0.3) is 0 Å². The maximum absolute atomic E-state index is 6.28. The monoisotopic (exact) mass is 378 g/mol. The van der Waals surface area contributed by atoms with Gasteiger partial charge in [0.15, 0.2) is 0 Å². The molecule has 0 amide bonds. The summed E-state index contributed by atoms with van der Waals surface area (Å²) < 4.78 is 11.4. The third-order valence-corrected chi connectivity index (χ3v) is 5.63. The molecule has 0 aliphatic heterocycles. The van der Waals surface area contributed by atoms with Gasteiger partial charge in [0.05, 0.1) is 11.4 Å². The average molecular weight is 379 g/mol. The van der Waals surface area contributed by atoms with Crippen LogP contribution in [-0.4, -0.2) is 13.2 Å². The molecular formula is C24H30N2O2. The molecule has 0 spiro atoms. The predicted molar refractivity (Wildman–Crippen MR) is 117 cm³/mol. The Morgan fingerprint density at radius 1 is 0.893 bits per heavy atom. The molecule has 0 fully saturated rings. The van der Waals surface area contributed by atoms with Crippen LogP contribution in [0.15, 0.2) is 55.6 Å². The molecule has 1 unspecified atom stereocenters. The Balaban J connectivity index is 2.09. The van der Waals surface area contributed by atoms with Gasteiger partial charge in [-0.15, -0.1) is 0 Å². The summed E-state index contributed by atoms with van der Waals surface area (Å²) in [7, 11) is 0. The summed E-state index contributed by atoms with van der Waals surface area (Å²) in [5.41, 5.74) is 17.3. The summed E-state index contributed by atoms with van der Waals surface area (Å²) in [5.74, 6) is 1.37. The van der Waals surface area contributed by atoms with Crippen LogP contribution in [0.2, 0.25) is 0 Å². The zero-order valence-corrected chi connectivity index (χ0v) is 17.0. The lowest BCUT2D eigenvalue weighted by atomic mass is 9.75. The molecule has 4 heteroatoms. The first kappa shape index (κ1) is 19.9. The molecular weight excluding hydrogens is 348 g/mol. The molecule has 1 aliphatic rings. The molecule has 0 radical (unpaired) electrons. The van der Waals surface area contributed by atoms with Gasteiger partial charge >= 0.3 is 0 Å². The van der Waals surface area contributed by atoms with Gasteiger partial charge in [0, 0.05) is 5.41 Å². The highest BCUT2D eigenvalue weighted by Gasteiger charge is 2.46. The van der Waals surface area contributed by atoms with Crippen molar-refractivity contribution in [2.24, 2.45) is 0 Å². The number of nitrogen functional groups attached to an aromatic ring is 2. The van der Waals surface area contributed by atoms with E-state index in [4.69, 9.17) is 20.9 Å². The molecule has 0 bridgehead atoms. The van der Waals surface area contributed by atoms with Crippen molar-refractivity contribution in [3.05, 3.63) is 72.3 Å². The number of hydrogen-bond donors (Lipinski definition) is 2. The van der Waals surface area contributed by atoms with Crippen molar-refractivity contribution in [1.82, 2.24) is 0 Å². The van der Waals surface area contributed by atoms with Crippen molar-refractivity contribution >= 4 is 11.4 Å². The van der Waals surface area contributed by atoms with E-state index in [1.54, 1.807) is 12.2 Å². The smallest absolute Gasteiger partial charge is 0.142 e. The molecule has 1 atom stereocenters. The van der Waals surface area contributed by atoms with Crippen LogP contribution in [0.1, 0.15) is 43.9 Å². The lowest BCUT2D eigenvalue weighted by molar-refractivity contribution is 0.363. The number of anilines is 2. The van der Waals surface area contributed by atoms with E-state index in [1.165, 1.54) is 11.1 Å². The second-order valence-corrected chi connectivity index (χ2v) is 8.28. The summed E-state index contributed by atoms with van der Waals surface area (Å²) in [6, 6.07) is 10.2. The molecule has 2 aromatic rings. The van der Waals surface area contributed by atoms with E-state index in [-0.39, 0.29) is 10.8 Å². The molecule has 4 nitrogen and oxygen atoms in total. The normalized spacial score (nSPS) is 19.7. The van der Waals surface area contributed by atoms with Gasteiger partial charge in [0.2, 0.25) is 0 Å². The summed E-state index contributed by atoms with van der Waals surface area (Å²) in [5, 5.41) is 0. The summed E-state index contributed by atoms with van der Waals surface area (Å²) in [4.78, 5) is 0. The minimum Gasteiger partial charge on any atom is -0.487 e. The Bertz CT molecular complexity index is 917. The van der Waals surface area contributed by atoms with Gasteiger partial charge in [0.25, 0.3) is 0 Å². The van der Waals surface area contributed by atoms with E-state index in [2.05, 4.69) is 52.1 Å². The SMILES string of the molecule is C=CCOc1ccc(C2(C)CC(C)(C)c3cc(N)c(OCC=C)cc32)cc1N. The van der Waals surface area contributed by atoms with E-state index in [9.17, 15) is 0 Å². The van der Waals surface area contributed by atoms with Crippen LogP contribution in [0.3, 0.4) is 0 Å². The Labute approximate surface area is 167 Å². The molecule has 0 aromatic heterocycles. The van der Waals surface area contributed by atoms with Gasteiger partial charge in [-0.25, -0.2) is 0 Å². The van der Waals surface area contributed by atoms with Crippen molar-refractivity contribution in [1.29, 1.82) is 0 Å². The van der Waals surface area contributed by atoms with E-state index in [1.807, 2.05) is 12.1 Å². The van der Waals surface area contributed by atoms with Crippen LogP contribution >= 0.6 is 0 Å². The van der Waals surface area contributed by atoms with Gasteiger partial charge in [0.1, 0.15) is 24.7 Å². The number of ether oxygens (including phenoxy) is 2. The topological polar surface area (TPSA) is 70.5 Å². The fraction of sp³-hybridized carbons (Fsp3) is 0.333. The van der Waals surface area contributed by atoms with Crippen LogP contribution in [0.4, 0.5) is 11.4 Å². The van der Waals surface area contributed by atoms with Crippen molar-refractivity contribution in [2.45, 2.75) is 38.0 Å². The van der Waals surface area contributed by atoms with Crippen LogP contribution in [0.5, 0.6) is 11.5 Å². The Kier molecular flexibility index (Phi) is 5.16. The molecule has 0 saturated carbocycles. The van der Waals surface area contributed by atoms with Crippen LogP contribution in [-0.2, 0) is 10.8 Å². The summed E-state index contributed by atoms with van der Waals surface area (Å²) >= 11 is 0. The van der Waals surface area contributed by atoms with E-state index in [0.717, 1.165) is 12.0 Å². The molecule has 28 heavy (non-hydrogen) atoms. The number of hydrogen-bond acceptors (Lipinski definition) is 4. The van der Waals surface area contributed by atoms with Gasteiger partial charge in [-0.3, -0.25) is 0 Å². The maximum Gasteiger partial charge on any atom is 0.142 e. The fourth-order valence-corrected chi connectivity index (χ4v) is 4.39. The largest absolute Gasteiger partial charge is 0.487 e. The fourth-order valence-electron chi connectivity index (χ4n) is 4.39. The minimum absolute atomic E-state index is 0.0120.